The van der Waals surface area contributed by atoms with Crippen LogP contribution in [-0.4, -0.2) is 5.91 Å². The quantitative estimate of drug-likeness (QED) is 0.536. The summed E-state index contributed by atoms with van der Waals surface area (Å²) in [5.41, 5.74) is 3.27. The molecule has 0 spiro atoms. The molecule has 1 amide bonds. The zero-order chi connectivity index (χ0) is 18.1. The summed E-state index contributed by atoms with van der Waals surface area (Å²) < 4.78 is 0. The van der Waals surface area contributed by atoms with E-state index >= 15 is 0 Å². The average Bonchev–Trinajstić information content (AvgIpc) is 2.58. The van der Waals surface area contributed by atoms with Gasteiger partial charge in [0.2, 0.25) is 5.91 Å². The molecule has 0 radical (unpaired) electrons. The Morgan fingerprint density at radius 3 is 1.87 bits per heavy atom. The highest BCUT2D eigenvalue weighted by atomic mass is 16.1. The summed E-state index contributed by atoms with van der Waals surface area (Å²) >= 11 is 0. The van der Waals surface area contributed by atoms with E-state index in [1.165, 1.54) is 44.1 Å². The van der Waals surface area contributed by atoms with Crippen LogP contribution in [0.2, 0.25) is 0 Å². The third-order valence-electron chi connectivity index (χ3n) is 3.66. The van der Waals surface area contributed by atoms with Gasteiger partial charge in [-0.1, -0.05) is 85.3 Å². The summed E-state index contributed by atoms with van der Waals surface area (Å²) in [6, 6.07) is 5.92. The van der Waals surface area contributed by atoms with Crippen molar-refractivity contribution in [3.63, 3.8) is 0 Å². The molecule has 0 fully saturated rings. The molecule has 23 heavy (non-hydrogen) atoms. The predicted octanol–water partition coefficient (Wildman–Crippen LogP) is 7.04. The molecule has 0 heterocycles. The van der Waals surface area contributed by atoms with Crippen LogP contribution in [-0.2, 0) is 4.79 Å². The van der Waals surface area contributed by atoms with Gasteiger partial charge >= 0.3 is 0 Å². The Morgan fingerprint density at radius 1 is 0.913 bits per heavy atom. The summed E-state index contributed by atoms with van der Waals surface area (Å²) in [6.07, 6.45) is 9.01. The molecule has 0 aliphatic carbocycles. The van der Waals surface area contributed by atoms with Gasteiger partial charge in [0.25, 0.3) is 0 Å². The number of aryl methyl sites for hydroxylation is 1. The van der Waals surface area contributed by atoms with Crippen LogP contribution in [0.1, 0.15) is 90.7 Å². The molecule has 0 bridgehead atoms. The summed E-state index contributed by atoms with van der Waals surface area (Å²) in [4.78, 5) is 11.1. The molecule has 0 atom stereocenters. The number of hydrogen-bond donors (Lipinski definition) is 1. The lowest BCUT2D eigenvalue weighted by molar-refractivity contribution is -0.115. The van der Waals surface area contributed by atoms with Crippen molar-refractivity contribution < 1.29 is 4.79 Å². The molecule has 2 heteroatoms. The van der Waals surface area contributed by atoms with Gasteiger partial charge in [-0.2, -0.15) is 0 Å². The molecule has 0 aromatic heterocycles. The first-order valence-corrected chi connectivity index (χ1v) is 9.42. The smallest absolute Gasteiger partial charge is 0.224 e. The minimum Gasteiger partial charge on any atom is -0.326 e. The molecule has 1 N–H and O–H groups in total. The average molecular weight is 322 g/mol. The lowest BCUT2D eigenvalue weighted by Gasteiger charge is -2.08. The number of nitrogens with one attached hydrogen (secondary N) is 1. The first kappa shape index (κ1) is 23.9. The Bertz CT molecular complexity index is 393. The molecule has 1 aromatic rings. The molecule has 0 aliphatic rings. The van der Waals surface area contributed by atoms with Gasteiger partial charge in [-0.25, -0.2) is 0 Å². The standard InChI is InChI=1S/C11H15NO.C8H18.C2H6/c1-4-11(13)12-10-7-5-6-8(2)9(10)3;1-3-5-7-8-6-4-2;1-2/h5-7H,4H2,1-3H3,(H,12,13);3-8H2,1-2H3;1-2H3. The topological polar surface area (TPSA) is 29.1 Å². The zero-order valence-electron chi connectivity index (χ0n) is 16.6. The third-order valence-corrected chi connectivity index (χ3v) is 3.66. The number of anilines is 1. The molecular formula is C21H39NO. The summed E-state index contributed by atoms with van der Waals surface area (Å²) in [5, 5.41) is 2.86. The zero-order valence-corrected chi connectivity index (χ0v) is 16.6. The van der Waals surface area contributed by atoms with Crippen LogP contribution in [0, 0.1) is 13.8 Å². The fourth-order valence-electron chi connectivity index (χ4n) is 1.98. The van der Waals surface area contributed by atoms with E-state index in [1.807, 2.05) is 52.8 Å². The van der Waals surface area contributed by atoms with Crippen LogP contribution in [0.3, 0.4) is 0 Å². The monoisotopic (exact) mass is 321 g/mol. The number of hydrogen-bond acceptors (Lipinski definition) is 1. The van der Waals surface area contributed by atoms with Crippen LogP contribution in [0.15, 0.2) is 18.2 Å². The van der Waals surface area contributed by atoms with E-state index in [0.717, 1.165) is 11.3 Å². The first-order chi connectivity index (χ1) is 11.1. The maximum Gasteiger partial charge on any atom is 0.224 e. The van der Waals surface area contributed by atoms with Gasteiger partial charge in [-0.3, -0.25) is 4.79 Å². The number of rotatable bonds is 7. The van der Waals surface area contributed by atoms with Crippen LogP contribution in [0.4, 0.5) is 5.69 Å². The Hall–Kier alpha value is -1.31. The highest BCUT2D eigenvalue weighted by Crippen LogP contribution is 2.17. The second-order valence-corrected chi connectivity index (χ2v) is 5.56. The summed E-state index contributed by atoms with van der Waals surface area (Å²) in [7, 11) is 0. The summed E-state index contributed by atoms with van der Waals surface area (Å²) in [5.74, 6) is 0.0636. The molecule has 2 nitrogen and oxygen atoms in total. The van der Waals surface area contributed by atoms with E-state index in [2.05, 4.69) is 19.2 Å². The van der Waals surface area contributed by atoms with Gasteiger partial charge in [-0.15, -0.1) is 0 Å². The Labute approximate surface area is 145 Å². The van der Waals surface area contributed by atoms with Gasteiger partial charge in [-0.05, 0) is 31.0 Å². The van der Waals surface area contributed by atoms with Gasteiger partial charge in [0, 0.05) is 12.1 Å². The fourth-order valence-corrected chi connectivity index (χ4v) is 1.98. The van der Waals surface area contributed by atoms with Gasteiger partial charge < -0.3 is 5.32 Å². The van der Waals surface area contributed by atoms with E-state index in [4.69, 9.17) is 0 Å². The first-order valence-electron chi connectivity index (χ1n) is 9.42. The van der Waals surface area contributed by atoms with E-state index in [1.54, 1.807) is 0 Å². The molecule has 0 unspecified atom stereocenters. The van der Waals surface area contributed by atoms with Crippen molar-refractivity contribution in [1.29, 1.82) is 0 Å². The predicted molar refractivity (Wildman–Crippen MR) is 105 cm³/mol. The van der Waals surface area contributed by atoms with E-state index < -0.39 is 0 Å². The molecule has 134 valence electrons. The third kappa shape index (κ3) is 12.9. The maximum atomic E-state index is 11.1. The van der Waals surface area contributed by atoms with E-state index in [9.17, 15) is 4.79 Å². The fraction of sp³-hybridized carbons (Fsp3) is 0.667. The van der Waals surface area contributed by atoms with Crippen molar-refractivity contribution in [2.45, 2.75) is 93.4 Å². The molecule has 0 saturated heterocycles. The van der Waals surface area contributed by atoms with E-state index in [0.29, 0.717) is 6.42 Å². The Kier molecular flexibility index (Phi) is 17.8. The minimum absolute atomic E-state index is 0.0636. The molecular weight excluding hydrogens is 282 g/mol. The maximum absolute atomic E-state index is 11.1. The largest absolute Gasteiger partial charge is 0.326 e. The van der Waals surface area contributed by atoms with Gasteiger partial charge in [0.05, 0.1) is 0 Å². The van der Waals surface area contributed by atoms with Crippen molar-refractivity contribution in [3.8, 4) is 0 Å². The highest BCUT2D eigenvalue weighted by Gasteiger charge is 2.02. The lowest BCUT2D eigenvalue weighted by Crippen LogP contribution is -2.10. The minimum atomic E-state index is 0.0636. The molecule has 1 rings (SSSR count). The second kappa shape index (κ2) is 17.1. The van der Waals surface area contributed by atoms with Crippen LogP contribution >= 0.6 is 0 Å². The number of amides is 1. The van der Waals surface area contributed by atoms with E-state index in [-0.39, 0.29) is 5.91 Å². The van der Waals surface area contributed by atoms with Crippen LogP contribution in [0.25, 0.3) is 0 Å². The highest BCUT2D eigenvalue weighted by molar-refractivity contribution is 5.91. The summed E-state index contributed by atoms with van der Waals surface area (Å²) in [6.45, 7) is 14.4. The SMILES string of the molecule is CC.CCC(=O)Nc1cccc(C)c1C.CCCCCCCC. The number of carbonyl (C=O) groups excluding carboxylic acids is 1. The number of carbonyl (C=O) groups is 1. The van der Waals surface area contributed by atoms with Crippen LogP contribution < -0.4 is 5.32 Å². The normalized spacial score (nSPS) is 9.17. The van der Waals surface area contributed by atoms with Crippen molar-refractivity contribution in [2.24, 2.45) is 0 Å². The molecule has 0 saturated carbocycles. The Morgan fingerprint density at radius 2 is 1.43 bits per heavy atom. The van der Waals surface area contributed by atoms with Crippen molar-refractivity contribution >= 4 is 11.6 Å². The Balaban J connectivity index is 0. The van der Waals surface area contributed by atoms with Gasteiger partial charge in [0.15, 0.2) is 0 Å². The molecule has 0 aliphatic heterocycles. The van der Waals surface area contributed by atoms with Crippen molar-refractivity contribution in [2.75, 3.05) is 5.32 Å². The second-order valence-electron chi connectivity index (χ2n) is 5.56. The molecule has 1 aromatic carbocycles. The van der Waals surface area contributed by atoms with Crippen LogP contribution in [0.5, 0.6) is 0 Å². The number of benzene rings is 1. The number of unbranched alkanes of at least 4 members (excludes halogenated alkanes) is 5. The van der Waals surface area contributed by atoms with Crippen molar-refractivity contribution in [3.05, 3.63) is 29.3 Å². The van der Waals surface area contributed by atoms with Gasteiger partial charge in [0.1, 0.15) is 0 Å². The van der Waals surface area contributed by atoms with Crippen molar-refractivity contribution in [1.82, 2.24) is 0 Å². The lowest BCUT2D eigenvalue weighted by atomic mass is 10.1.